The largest absolute Gasteiger partial charge is 0.507 e. The number of carbonyl (C=O) groups excluding carboxylic acids is 1. The number of hydrogen-bond donors (Lipinski definition) is 5. The molecule has 0 aliphatic heterocycles. The number of carbonyl (C=O) groups is 1. The Hall–Kier alpha value is -3.49. The first-order valence-electron chi connectivity index (χ1n) is 10.2. The first-order valence-corrected chi connectivity index (χ1v) is 11.0. The summed E-state index contributed by atoms with van der Waals surface area (Å²) >= 11 is 3.44. The summed E-state index contributed by atoms with van der Waals surface area (Å²) in [4.78, 5) is 12.7. The maximum Gasteiger partial charge on any atom is 0.284 e. The van der Waals surface area contributed by atoms with E-state index >= 15 is 4.39 Å². The van der Waals surface area contributed by atoms with E-state index in [0.717, 1.165) is 16.7 Å². The number of amidine groups is 1. The zero-order chi connectivity index (χ0) is 24.1. The van der Waals surface area contributed by atoms with E-state index in [1.165, 1.54) is 18.2 Å². The van der Waals surface area contributed by atoms with Crippen molar-refractivity contribution in [2.75, 3.05) is 5.32 Å². The van der Waals surface area contributed by atoms with Crippen LogP contribution in [-0.4, -0.2) is 16.8 Å². The van der Waals surface area contributed by atoms with Gasteiger partial charge in [0.15, 0.2) is 5.83 Å². The Kier molecular flexibility index (Phi) is 7.63. The van der Waals surface area contributed by atoms with E-state index in [-0.39, 0.29) is 29.1 Å². The van der Waals surface area contributed by atoms with Crippen LogP contribution in [0.15, 0.2) is 71.0 Å². The fourth-order valence-corrected chi connectivity index (χ4v) is 3.97. The van der Waals surface area contributed by atoms with E-state index in [2.05, 4.69) is 21.2 Å². The molecule has 3 aromatic rings. The normalized spacial score (nSPS) is 11.6. The summed E-state index contributed by atoms with van der Waals surface area (Å²) in [6.45, 7) is 2.06. The van der Waals surface area contributed by atoms with E-state index in [1.54, 1.807) is 13.0 Å². The molecule has 8 heteroatoms. The maximum absolute atomic E-state index is 15.2. The van der Waals surface area contributed by atoms with Crippen LogP contribution in [0.25, 0.3) is 16.7 Å². The fourth-order valence-electron chi connectivity index (χ4n) is 3.49. The number of hydrogen-bond acceptors (Lipinski definition) is 4. The van der Waals surface area contributed by atoms with Gasteiger partial charge in [-0.2, -0.15) is 0 Å². The highest BCUT2D eigenvalue weighted by atomic mass is 79.9. The Morgan fingerprint density at radius 1 is 1.15 bits per heavy atom. The first kappa shape index (κ1) is 24.2. The highest BCUT2D eigenvalue weighted by Gasteiger charge is 2.20. The molecule has 0 radical (unpaired) electrons. The first-order chi connectivity index (χ1) is 15.8. The van der Waals surface area contributed by atoms with Crippen molar-refractivity contribution in [2.24, 2.45) is 11.5 Å². The van der Waals surface area contributed by atoms with Crippen molar-refractivity contribution in [3.63, 3.8) is 0 Å². The van der Waals surface area contributed by atoms with Crippen molar-refractivity contribution in [2.45, 2.75) is 19.9 Å². The second kappa shape index (κ2) is 10.4. The van der Waals surface area contributed by atoms with Crippen LogP contribution in [0.4, 0.5) is 10.1 Å². The number of benzene rings is 3. The summed E-state index contributed by atoms with van der Waals surface area (Å²) in [5.74, 6) is -2.41. The summed E-state index contributed by atoms with van der Waals surface area (Å²) in [6, 6.07) is 17.2. The molecule has 0 unspecified atom stereocenters. The SMILES string of the molecule is CC/C(=C(\F)C(=O)Nc1ccc(-c2ccccc2CN)cc1Br)c1cc(C(=N)N)ccc1O. The highest BCUT2D eigenvalue weighted by Crippen LogP contribution is 2.34. The predicted octanol–water partition coefficient (Wildman–Crippen LogP) is 5.29. The van der Waals surface area contributed by atoms with Crippen LogP contribution in [0, 0.1) is 5.41 Å². The van der Waals surface area contributed by atoms with Crippen LogP contribution in [0.3, 0.4) is 0 Å². The van der Waals surface area contributed by atoms with Crippen molar-refractivity contribution in [3.8, 4) is 16.9 Å². The second-order valence-electron chi connectivity index (χ2n) is 7.30. The van der Waals surface area contributed by atoms with Gasteiger partial charge in [0.1, 0.15) is 11.6 Å². The van der Waals surface area contributed by atoms with Gasteiger partial charge in [0, 0.05) is 27.7 Å². The van der Waals surface area contributed by atoms with Crippen LogP contribution >= 0.6 is 15.9 Å². The number of anilines is 1. The van der Waals surface area contributed by atoms with E-state index < -0.39 is 11.7 Å². The lowest BCUT2D eigenvalue weighted by atomic mass is 9.98. The van der Waals surface area contributed by atoms with Crippen molar-refractivity contribution in [1.29, 1.82) is 5.41 Å². The number of halogens is 2. The summed E-state index contributed by atoms with van der Waals surface area (Å²) in [6.07, 6.45) is 0.143. The van der Waals surface area contributed by atoms with E-state index in [9.17, 15) is 9.90 Å². The van der Waals surface area contributed by atoms with Crippen molar-refractivity contribution in [3.05, 3.63) is 87.7 Å². The molecule has 0 aliphatic rings. The molecular weight excluding hydrogens is 487 g/mol. The molecule has 0 atom stereocenters. The zero-order valence-electron chi connectivity index (χ0n) is 18.0. The highest BCUT2D eigenvalue weighted by molar-refractivity contribution is 9.10. The Bertz CT molecular complexity index is 1260. The average molecular weight is 511 g/mol. The summed E-state index contributed by atoms with van der Waals surface area (Å²) in [7, 11) is 0. The molecule has 0 saturated heterocycles. The smallest absolute Gasteiger partial charge is 0.284 e. The zero-order valence-corrected chi connectivity index (χ0v) is 19.5. The average Bonchev–Trinajstić information content (AvgIpc) is 2.81. The van der Waals surface area contributed by atoms with Gasteiger partial charge in [0.05, 0.1) is 5.69 Å². The van der Waals surface area contributed by atoms with Gasteiger partial charge < -0.3 is 21.9 Å². The van der Waals surface area contributed by atoms with Gasteiger partial charge >= 0.3 is 0 Å². The number of nitrogens with two attached hydrogens (primary N) is 2. The predicted molar refractivity (Wildman–Crippen MR) is 134 cm³/mol. The Morgan fingerprint density at radius 3 is 2.52 bits per heavy atom. The Morgan fingerprint density at radius 2 is 1.88 bits per heavy atom. The number of allylic oxidation sites excluding steroid dienone is 1. The fraction of sp³-hybridized carbons (Fsp3) is 0.120. The number of phenols is 1. The minimum absolute atomic E-state index is 0.0118. The van der Waals surface area contributed by atoms with Crippen molar-refractivity contribution >= 4 is 38.9 Å². The van der Waals surface area contributed by atoms with Crippen molar-refractivity contribution < 1.29 is 14.3 Å². The monoisotopic (exact) mass is 510 g/mol. The third-order valence-corrected chi connectivity index (χ3v) is 5.87. The van der Waals surface area contributed by atoms with E-state index in [0.29, 0.717) is 22.3 Å². The molecule has 0 spiro atoms. The number of nitrogens with one attached hydrogen (secondary N) is 2. The van der Waals surface area contributed by atoms with Crippen LogP contribution in [0.2, 0.25) is 0 Å². The van der Waals surface area contributed by atoms with Crippen LogP contribution in [0.5, 0.6) is 5.75 Å². The molecule has 3 rings (SSSR count). The molecule has 33 heavy (non-hydrogen) atoms. The molecule has 1 amide bonds. The van der Waals surface area contributed by atoms with Gasteiger partial charge in [-0.1, -0.05) is 37.3 Å². The van der Waals surface area contributed by atoms with Gasteiger partial charge in [0.2, 0.25) is 0 Å². The molecule has 0 heterocycles. The number of phenolic OH excluding ortho intramolecular Hbond substituents is 1. The second-order valence-corrected chi connectivity index (χ2v) is 8.16. The summed E-state index contributed by atoms with van der Waals surface area (Å²) in [5, 5.41) is 20.3. The van der Waals surface area contributed by atoms with Crippen molar-refractivity contribution in [1.82, 2.24) is 0 Å². The molecule has 6 nitrogen and oxygen atoms in total. The molecule has 7 N–H and O–H groups in total. The van der Waals surface area contributed by atoms with Gasteiger partial charge in [-0.3, -0.25) is 10.2 Å². The minimum atomic E-state index is -1.03. The summed E-state index contributed by atoms with van der Waals surface area (Å²) < 4.78 is 15.7. The van der Waals surface area contributed by atoms with Gasteiger partial charge in [-0.15, -0.1) is 0 Å². The number of rotatable bonds is 7. The third kappa shape index (κ3) is 5.30. The van der Waals surface area contributed by atoms with Gasteiger partial charge in [-0.05, 0) is 69.4 Å². The standard InChI is InChI=1S/C25H24BrFN4O2/c1-2-17(19-11-15(24(29)30)8-10-22(19)32)23(27)25(33)31-21-9-7-14(12-20(21)26)18-6-4-3-5-16(18)13-28/h3-12,32H,2,13,28H2,1H3,(H3,29,30)(H,31,33)/b23-17+. The molecule has 3 aromatic carbocycles. The number of nitrogen functional groups attached to an aromatic ring is 1. The van der Waals surface area contributed by atoms with E-state index in [4.69, 9.17) is 16.9 Å². The maximum atomic E-state index is 15.2. The Balaban J connectivity index is 1.92. The lowest BCUT2D eigenvalue weighted by Gasteiger charge is -2.13. The third-order valence-electron chi connectivity index (χ3n) is 5.22. The van der Waals surface area contributed by atoms with Crippen LogP contribution < -0.4 is 16.8 Å². The number of amides is 1. The molecule has 170 valence electrons. The van der Waals surface area contributed by atoms with Crippen LogP contribution in [-0.2, 0) is 11.3 Å². The molecule has 0 aliphatic carbocycles. The minimum Gasteiger partial charge on any atom is -0.507 e. The molecule has 0 bridgehead atoms. The lowest BCUT2D eigenvalue weighted by molar-refractivity contribution is -0.114. The lowest BCUT2D eigenvalue weighted by Crippen LogP contribution is -2.14. The van der Waals surface area contributed by atoms with Gasteiger partial charge in [0.25, 0.3) is 5.91 Å². The molecule has 0 aromatic heterocycles. The number of aromatic hydroxyl groups is 1. The molecular formula is C25H24BrFN4O2. The van der Waals surface area contributed by atoms with Crippen LogP contribution in [0.1, 0.15) is 30.0 Å². The van der Waals surface area contributed by atoms with Gasteiger partial charge in [-0.25, -0.2) is 4.39 Å². The quantitative estimate of drug-likeness (QED) is 0.168. The topological polar surface area (TPSA) is 125 Å². The molecule has 0 saturated carbocycles. The Labute approximate surface area is 199 Å². The van der Waals surface area contributed by atoms with E-state index in [1.807, 2.05) is 36.4 Å². The summed E-state index contributed by atoms with van der Waals surface area (Å²) in [5.41, 5.74) is 15.0. The molecule has 0 fully saturated rings.